The number of halogens is 1. The standard InChI is InChI=1S/C27H22ClN7OS/c1-14-7-8-19(37-14)25-23(15-10-16-13-30-35-22(16)17(28)11-15)32-24-18(12-21(36)31-26(24)33-25)34-27(2,3)20-6-4-5-9-29-20/h4-13H,1-3H3,(H,30,35)(H2,31,33,34,36). The first-order chi connectivity index (χ1) is 17.8. The van der Waals surface area contributed by atoms with Crippen LogP contribution in [-0.4, -0.2) is 30.1 Å². The van der Waals surface area contributed by atoms with Gasteiger partial charge in [-0.05, 0) is 57.2 Å². The number of aryl methyl sites for hydroxylation is 1. The summed E-state index contributed by atoms with van der Waals surface area (Å²) in [4.78, 5) is 32.2. The van der Waals surface area contributed by atoms with Crippen molar-refractivity contribution < 1.29 is 0 Å². The van der Waals surface area contributed by atoms with Crippen molar-refractivity contribution in [1.82, 2.24) is 30.1 Å². The maximum Gasteiger partial charge on any atom is 0.251 e. The molecule has 5 heterocycles. The highest BCUT2D eigenvalue weighted by Crippen LogP contribution is 2.38. The smallest absolute Gasteiger partial charge is 0.251 e. The normalized spacial score (nSPS) is 11.9. The Morgan fingerprint density at radius 1 is 1.05 bits per heavy atom. The van der Waals surface area contributed by atoms with Gasteiger partial charge in [0, 0.05) is 28.1 Å². The van der Waals surface area contributed by atoms with Crippen LogP contribution < -0.4 is 10.9 Å². The number of rotatable bonds is 5. The quantitative estimate of drug-likeness (QED) is 0.243. The molecule has 0 unspecified atom stereocenters. The Labute approximate surface area is 220 Å². The monoisotopic (exact) mass is 527 g/mol. The van der Waals surface area contributed by atoms with Crippen LogP contribution in [0.25, 0.3) is 43.9 Å². The van der Waals surface area contributed by atoms with E-state index in [1.807, 2.05) is 63.2 Å². The number of anilines is 1. The molecule has 0 radical (unpaired) electrons. The number of benzene rings is 1. The number of nitrogens with zero attached hydrogens (tertiary/aromatic N) is 4. The molecule has 0 aliphatic rings. The van der Waals surface area contributed by atoms with Crippen LogP contribution in [0.15, 0.2) is 65.7 Å². The van der Waals surface area contributed by atoms with E-state index in [4.69, 9.17) is 21.6 Å². The molecule has 5 aromatic heterocycles. The molecule has 0 aliphatic carbocycles. The van der Waals surface area contributed by atoms with E-state index in [1.54, 1.807) is 23.7 Å². The highest BCUT2D eigenvalue weighted by molar-refractivity contribution is 7.15. The zero-order valence-corrected chi connectivity index (χ0v) is 21.8. The Bertz CT molecular complexity index is 1840. The van der Waals surface area contributed by atoms with Crippen LogP contribution in [0.1, 0.15) is 24.4 Å². The van der Waals surface area contributed by atoms with Crippen LogP contribution in [0.2, 0.25) is 5.02 Å². The summed E-state index contributed by atoms with van der Waals surface area (Å²) in [5.41, 5.74) is 4.37. The van der Waals surface area contributed by atoms with Crippen molar-refractivity contribution in [2.24, 2.45) is 0 Å². The number of nitrogens with one attached hydrogen (secondary N) is 3. The largest absolute Gasteiger partial charge is 0.372 e. The first kappa shape index (κ1) is 23.3. The molecular weight excluding hydrogens is 506 g/mol. The van der Waals surface area contributed by atoms with Crippen LogP contribution in [0.3, 0.4) is 0 Å². The van der Waals surface area contributed by atoms with Crippen LogP contribution in [0, 0.1) is 6.92 Å². The zero-order chi connectivity index (χ0) is 25.7. The molecule has 8 nitrogen and oxygen atoms in total. The van der Waals surface area contributed by atoms with Gasteiger partial charge in [-0.25, -0.2) is 9.97 Å². The Morgan fingerprint density at radius 3 is 2.68 bits per heavy atom. The van der Waals surface area contributed by atoms with E-state index in [9.17, 15) is 4.79 Å². The number of thiophene rings is 1. The van der Waals surface area contributed by atoms with Gasteiger partial charge < -0.3 is 10.3 Å². The van der Waals surface area contributed by atoms with Crippen LogP contribution >= 0.6 is 22.9 Å². The number of aromatic amines is 2. The fraction of sp³-hybridized carbons (Fsp3) is 0.148. The minimum absolute atomic E-state index is 0.273. The maximum absolute atomic E-state index is 12.7. The van der Waals surface area contributed by atoms with Gasteiger partial charge in [-0.2, -0.15) is 5.10 Å². The summed E-state index contributed by atoms with van der Waals surface area (Å²) in [6, 6.07) is 15.2. The summed E-state index contributed by atoms with van der Waals surface area (Å²) in [5, 5.41) is 11.9. The Kier molecular flexibility index (Phi) is 5.54. The fourth-order valence-electron chi connectivity index (χ4n) is 4.38. The van der Waals surface area contributed by atoms with Crippen LogP contribution in [-0.2, 0) is 5.54 Å². The van der Waals surface area contributed by atoms with E-state index < -0.39 is 5.54 Å². The molecule has 3 N–H and O–H groups in total. The van der Waals surface area contributed by atoms with Gasteiger partial charge in [0.25, 0.3) is 5.56 Å². The van der Waals surface area contributed by atoms with Gasteiger partial charge in [-0.1, -0.05) is 17.7 Å². The summed E-state index contributed by atoms with van der Waals surface area (Å²) in [6.07, 6.45) is 3.48. The highest BCUT2D eigenvalue weighted by Gasteiger charge is 2.25. The average molecular weight is 528 g/mol. The Morgan fingerprint density at radius 2 is 1.92 bits per heavy atom. The first-order valence-corrected chi connectivity index (χ1v) is 12.8. The van der Waals surface area contributed by atoms with E-state index >= 15 is 0 Å². The molecule has 1 aromatic carbocycles. The van der Waals surface area contributed by atoms with Crippen molar-refractivity contribution in [1.29, 1.82) is 0 Å². The lowest BCUT2D eigenvalue weighted by Gasteiger charge is -2.27. The predicted molar refractivity (Wildman–Crippen MR) is 149 cm³/mol. The third kappa shape index (κ3) is 4.26. The summed E-state index contributed by atoms with van der Waals surface area (Å²) in [7, 11) is 0. The van der Waals surface area contributed by atoms with Gasteiger partial charge in [0.2, 0.25) is 0 Å². The summed E-state index contributed by atoms with van der Waals surface area (Å²) in [6.45, 7) is 6.05. The Hall–Kier alpha value is -4.08. The first-order valence-electron chi connectivity index (χ1n) is 11.6. The number of hydrogen-bond acceptors (Lipinski definition) is 7. The SMILES string of the molecule is Cc1ccc(-c2nc3[nH]c(=O)cc(NC(C)(C)c4ccccn4)c3nc2-c2cc(Cl)c3[nH]ncc3c2)s1. The van der Waals surface area contributed by atoms with E-state index in [0.29, 0.717) is 33.3 Å². The van der Waals surface area contributed by atoms with E-state index in [0.717, 1.165) is 31.9 Å². The van der Waals surface area contributed by atoms with Gasteiger partial charge in [-0.15, -0.1) is 11.3 Å². The molecule has 0 saturated heterocycles. The number of fused-ring (bicyclic) bond motifs is 2. The van der Waals surface area contributed by atoms with E-state index in [2.05, 4.69) is 25.5 Å². The average Bonchev–Trinajstić information content (AvgIpc) is 3.53. The fourth-order valence-corrected chi connectivity index (χ4v) is 5.50. The molecule has 0 aliphatic heterocycles. The van der Waals surface area contributed by atoms with Gasteiger partial charge in [0.15, 0.2) is 5.65 Å². The van der Waals surface area contributed by atoms with Crippen molar-refractivity contribution in [2.75, 3.05) is 5.32 Å². The van der Waals surface area contributed by atoms with Gasteiger partial charge in [0.1, 0.15) is 11.2 Å². The number of H-pyrrole nitrogens is 2. The van der Waals surface area contributed by atoms with Crippen molar-refractivity contribution in [3.63, 3.8) is 0 Å². The lowest BCUT2D eigenvalue weighted by molar-refractivity contribution is 0.588. The van der Waals surface area contributed by atoms with E-state index in [1.165, 1.54) is 6.07 Å². The molecule has 0 amide bonds. The molecule has 0 atom stereocenters. The van der Waals surface area contributed by atoms with Crippen LogP contribution in [0.5, 0.6) is 0 Å². The topological polar surface area (TPSA) is 112 Å². The number of aromatic nitrogens is 6. The molecule has 0 spiro atoms. The summed E-state index contributed by atoms with van der Waals surface area (Å²) >= 11 is 8.21. The second-order valence-electron chi connectivity index (χ2n) is 9.33. The number of pyridine rings is 2. The zero-order valence-electron chi connectivity index (χ0n) is 20.3. The second-order valence-corrected chi connectivity index (χ2v) is 11.0. The summed E-state index contributed by atoms with van der Waals surface area (Å²) < 4.78 is 0. The molecule has 0 saturated carbocycles. The predicted octanol–water partition coefficient (Wildman–Crippen LogP) is 6.29. The van der Waals surface area contributed by atoms with Crippen LogP contribution in [0.4, 0.5) is 5.69 Å². The highest BCUT2D eigenvalue weighted by atomic mass is 35.5. The van der Waals surface area contributed by atoms with Gasteiger partial charge >= 0.3 is 0 Å². The molecule has 0 fully saturated rings. The van der Waals surface area contributed by atoms with Crippen molar-refractivity contribution in [2.45, 2.75) is 26.3 Å². The molecule has 6 aromatic rings. The second kappa shape index (κ2) is 8.79. The van der Waals surface area contributed by atoms with Crippen molar-refractivity contribution in [3.05, 3.63) is 86.9 Å². The third-order valence-electron chi connectivity index (χ3n) is 6.17. The van der Waals surface area contributed by atoms with E-state index in [-0.39, 0.29) is 5.56 Å². The molecule has 10 heteroatoms. The minimum atomic E-state index is -0.577. The molecule has 6 rings (SSSR count). The molecule has 0 bridgehead atoms. The number of hydrogen-bond donors (Lipinski definition) is 3. The van der Waals surface area contributed by atoms with Gasteiger partial charge in [-0.3, -0.25) is 14.9 Å². The van der Waals surface area contributed by atoms with Crippen molar-refractivity contribution in [3.8, 4) is 21.8 Å². The lowest BCUT2D eigenvalue weighted by atomic mass is 9.99. The molecule has 184 valence electrons. The summed E-state index contributed by atoms with van der Waals surface area (Å²) in [5.74, 6) is 0. The minimum Gasteiger partial charge on any atom is -0.372 e. The third-order valence-corrected chi connectivity index (χ3v) is 7.47. The molecule has 37 heavy (non-hydrogen) atoms. The lowest BCUT2D eigenvalue weighted by Crippen LogP contribution is -2.30. The molecular formula is C27H22ClN7OS. The Balaban J connectivity index is 1.60. The van der Waals surface area contributed by atoms with Gasteiger partial charge in [0.05, 0.1) is 44.2 Å². The van der Waals surface area contributed by atoms with Crippen molar-refractivity contribution >= 4 is 50.7 Å². The maximum atomic E-state index is 12.7.